The molecule has 2 atom stereocenters. The summed E-state index contributed by atoms with van der Waals surface area (Å²) in [5, 5.41) is 3.63. The second-order valence-electron chi connectivity index (χ2n) is 7.11. The fourth-order valence-electron chi connectivity index (χ4n) is 3.78. The molecule has 2 aliphatic heterocycles. The van der Waals surface area contributed by atoms with Crippen LogP contribution in [0.15, 0.2) is 18.2 Å². The summed E-state index contributed by atoms with van der Waals surface area (Å²) in [6.45, 7) is 4.61. The first-order valence-electron chi connectivity index (χ1n) is 8.74. The Morgan fingerprint density at radius 2 is 1.91 bits per heavy atom. The van der Waals surface area contributed by atoms with E-state index in [2.05, 4.69) is 25.2 Å². The molecule has 0 aromatic heterocycles. The molecule has 0 spiro atoms. The van der Waals surface area contributed by atoms with Crippen LogP contribution in [0.3, 0.4) is 0 Å². The fourth-order valence-corrected chi connectivity index (χ4v) is 3.78. The number of amides is 1. The Morgan fingerprint density at radius 1 is 1.22 bits per heavy atom. The van der Waals surface area contributed by atoms with Gasteiger partial charge < -0.3 is 15.0 Å². The van der Waals surface area contributed by atoms with Crippen LogP contribution < -0.4 is 10.1 Å². The topological polar surface area (TPSA) is 41.6 Å². The zero-order chi connectivity index (χ0) is 16.4. The Hall–Kier alpha value is -1.55. The summed E-state index contributed by atoms with van der Waals surface area (Å²) in [4.78, 5) is 14.4. The van der Waals surface area contributed by atoms with Crippen molar-refractivity contribution in [2.45, 2.75) is 64.1 Å². The molecule has 1 amide bonds. The van der Waals surface area contributed by atoms with Crippen molar-refractivity contribution >= 4 is 5.91 Å². The zero-order valence-corrected chi connectivity index (χ0v) is 14.5. The third kappa shape index (κ3) is 3.86. The van der Waals surface area contributed by atoms with Gasteiger partial charge in [0.1, 0.15) is 5.75 Å². The Balaban J connectivity index is 1.46. The van der Waals surface area contributed by atoms with Gasteiger partial charge in [0.05, 0.1) is 13.0 Å². The lowest BCUT2D eigenvalue weighted by molar-refractivity contribution is -0.133. The molecular formula is C19H28N2O2. The molecule has 2 aliphatic rings. The van der Waals surface area contributed by atoms with Gasteiger partial charge in [-0.1, -0.05) is 6.07 Å². The zero-order valence-electron chi connectivity index (χ0n) is 14.5. The molecule has 2 heterocycles. The monoisotopic (exact) mass is 316 g/mol. The first-order chi connectivity index (χ1) is 11.0. The fraction of sp³-hybridized carbons (Fsp3) is 0.632. The molecule has 1 aromatic rings. The van der Waals surface area contributed by atoms with Gasteiger partial charge in [-0.3, -0.25) is 4.79 Å². The van der Waals surface area contributed by atoms with E-state index in [1.807, 2.05) is 24.1 Å². The molecule has 4 nitrogen and oxygen atoms in total. The van der Waals surface area contributed by atoms with Gasteiger partial charge in [0.25, 0.3) is 0 Å². The highest BCUT2D eigenvalue weighted by Gasteiger charge is 2.36. The lowest BCUT2D eigenvalue weighted by Gasteiger charge is -2.35. The van der Waals surface area contributed by atoms with Crippen molar-refractivity contribution in [1.29, 1.82) is 0 Å². The van der Waals surface area contributed by atoms with Crippen molar-refractivity contribution in [3.63, 3.8) is 0 Å². The van der Waals surface area contributed by atoms with Crippen LogP contribution in [-0.2, 0) is 4.79 Å². The maximum absolute atomic E-state index is 12.4. The van der Waals surface area contributed by atoms with Crippen molar-refractivity contribution in [1.82, 2.24) is 10.2 Å². The molecule has 2 fully saturated rings. The number of hydrogen-bond acceptors (Lipinski definition) is 3. The van der Waals surface area contributed by atoms with Crippen molar-refractivity contribution in [3.8, 4) is 5.75 Å². The minimum atomic E-state index is 0.195. The highest BCUT2D eigenvalue weighted by Crippen LogP contribution is 2.29. The first kappa shape index (κ1) is 16.3. The molecule has 1 aromatic carbocycles. The quantitative estimate of drug-likeness (QED) is 0.908. The van der Waals surface area contributed by atoms with E-state index >= 15 is 0 Å². The van der Waals surface area contributed by atoms with Crippen LogP contribution in [0.1, 0.15) is 43.2 Å². The summed E-state index contributed by atoms with van der Waals surface area (Å²) in [5.74, 6) is 1.04. The molecule has 2 unspecified atom stereocenters. The Labute approximate surface area is 139 Å². The van der Waals surface area contributed by atoms with Gasteiger partial charge in [0.15, 0.2) is 0 Å². The molecule has 126 valence electrons. The number of nitrogens with one attached hydrogen (secondary N) is 1. The van der Waals surface area contributed by atoms with Crippen LogP contribution in [0.5, 0.6) is 5.75 Å². The smallest absolute Gasteiger partial charge is 0.225 e. The number of rotatable bonds is 5. The van der Waals surface area contributed by atoms with Crippen LogP contribution in [0.2, 0.25) is 0 Å². The molecule has 4 heteroatoms. The SMILES string of the molecule is Cc1ccc(OCCC(=O)N(C)C2CC3CCC(C2)N3)cc1C. The maximum Gasteiger partial charge on any atom is 0.225 e. The summed E-state index contributed by atoms with van der Waals surface area (Å²) in [6.07, 6.45) is 5.16. The third-order valence-corrected chi connectivity index (χ3v) is 5.45. The molecule has 2 bridgehead atoms. The molecule has 2 saturated heterocycles. The molecule has 3 rings (SSSR count). The highest BCUT2D eigenvalue weighted by molar-refractivity contribution is 5.76. The van der Waals surface area contributed by atoms with Gasteiger partial charge in [0.2, 0.25) is 5.91 Å². The normalized spacial score (nSPS) is 26.1. The van der Waals surface area contributed by atoms with E-state index in [1.165, 1.54) is 24.0 Å². The van der Waals surface area contributed by atoms with Gasteiger partial charge in [-0.15, -0.1) is 0 Å². The summed E-state index contributed by atoms with van der Waals surface area (Å²) >= 11 is 0. The van der Waals surface area contributed by atoms with Gasteiger partial charge in [-0.25, -0.2) is 0 Å². The first-order valence-corrected chi connectivity index (χ1v) is 8.74. The lowest BCUT2D eigenvalue weighted by Crippen LogP contribution is -2.48. The number of piperidine rings is 1. The van der Waals surface area contributed by atoms with E-state index in [4.69, 9.17) is 4.74 Å². The molecule has 23 heavy (non-hydrogen) atoms. The molecule has 0 saturated carbocycles. The molecular weight excluding hydrogens is 288 g/mol. The van der Waals surface area contributed by atoms with Crippen LogP contribution in [0.4, 0.5) is 0 Å². The van der Waals surface area contributed by atoms with Gasteiger partial charge >= 0.3 is 0 Å². The van der Waals surface area contributed by atoms with Crippen LogP contribution in [-0.4, -0.2) is 42.6 Å². The molecule has 0 aliphatic carbocycles. The van der Waals surface area contributed by atoms with Crippen LogP contribution in [0, 0.1) is 13.8 Å². The number of ether oxygens (including phenoxy) is 1. The average Bonchev–Trinajstić information content (AvgIpc) is 2.88. The average molecular weight is 316 g/mol. The lowest BCUT2D eigenvalue weighted by atomic mass is 9.98. The minimum Gasteiger partial charge on any atom is -0.493 e. The summed E-state index contributed by atoms with van der Waals surface area (Å²) < 4.78 is 5.74. The number of nitrogens with zero attached hydrogens (tertiary/aromatic N) is 1. The Morgan fingerprint density at radius 3 is 2.57 bits per heavy atom. The van der Waals surface area contributed by atoms with E-state index in [0.29, 0.717) is 31.2 Å². The Kier molecular flexibility index (Phi) is 4.90. The largest absolute Gasteiger partial charge is 0.493 e. The van der Waals surface area contributed by atoms with Gasteiger partial charge in [0, 0.05) is 25.2 Å². The van der Waals surface area contributed by atoms with Gasteiger partial charge in [-0.2, -0.15) is 0 Å². The predicted molar refractivity (Wildman–Crippen MR) is 91.8 cm³/mol. The molecule has 0 radical (unpaired) electrons. The van der Waals surface area contributed by atoms with E-state index in [1.54, 1.807) is 0 Å². The van der Waals surface area contributed by atoms with E-state index in [-0.39, 0.29) is 5.91 Å². The van der Waals surface area contributed by atoms with E-state index in [9.17, 15) is 4.79 Å². The van der Waals surface area contributed by atoms with Gasteiger partial charge in [-0.05, 0) is 62.8 Å². The standard InChI is InChI=1S/C19H28N2O2/c1-13-4-7-18(10-14(13)2)23-9-8-19(22)21(3)17-11-15-5-6-16(12-17)20-15/h4,7,10,15-17,20H,5-6,8-9,11-12H2,1-3H3. The van der Waals surface area contributed by atoms with Crippen molar-refractivity contribution in [2.24, 2.45) is 0 Å². The van der Waals surface area contributed by atoms with E-state index in [0.717, 1.165) is 18.6 Å². The number of carbonyl (C=O) groups is 1. The second-order valence-corrected chi connectivity index (χ2v) is 7.11. The summed E-state index contributed by atoms with van der Waals surface area (Å²) in [5.41, 5.74) is 2.48. The number of carbonyl (C=O) groups excluding carboxylic acids is 1. The number of hydrogen-bond donors (Lipinski definition) is 1. The maximum atomic E-state index is 12.4. The van der Waals surface area contributed by atoms with Crippen molar-refractivity contribution in [2.75, 3.05) is 13.7 Å². The third-order valence-electron chi connectivity index (χ3n) is 5.45. The highest BCUT2D eigenvalue weighted by atomic mass is 16.5. The molecule has 1 N–H and O–H groups in total. The van der Waals surface area contributed by atoms with Crippen molar-refractivity contribution in [3.05, 3.63) is 29.3 Å². The number of aryl methyl sites for hydroxylation is 2. The minimum absolute atomic E-state index is 0.195. The van der Waals surface area contributed by atoms with Crippen molar-refractivity contribution < 1.29 is 9.53 Å². The predicted octanol–water partition coefficient (Wildman–Crippen LogP) is 2.81. The number of benzene rings is 1. The number of fused-ring (bicyclic) bond motifs is 2. The van der Waals surface area contributed by atoms with Crippen LogP contribution in [0.25, 0.3) is 0 Å². The van der Waals surface area contributed by atoms with Crippen LogP contribution >= 0.6 is 0 Å². The summed E-state index contributed by atoms with van der Waals surface area (Å²) in [7, 11) is 1.95. The second kappa shape index (κ2) is 6.91. The van der Waals surface area contributed by atoms with E-state index < -0.39 is 0 Å². The summed E-state index contributed by atoms with van der Waals surface area (Å²) in [6, 6.07) is 7.68. The Bertz CT molecular complexity index is 560.